The highest BCUT2D eigenvalue weighted by Gasteiger charge is 2.48. The number of hydrogen-bond donors (Lipinski definition) is 1. The van der Waals surface area contributed by atoms with E-state index in [2.05, 4.69) is 0 Å². The Hall–Kier alpha value is -3.85. The van der Waals surface area contributed by atoms with Crippen molar-refractivity contribution in [1.29, 1.82) is 0 Å². The Balaban J connectivity index is 2.00. The predicted molar refractivity (Wildman–Crippen MR) is 121 cm³/mol. The zero-order valence-electron chi connectivity index (χ0n) is 17.9. The second-order valence-corrected chi connectivity index (χ2v) is 7.99. The number of alkyl halides is 3. The lowest BCUT2D eigenvalue weighted by atomic mass is 9.94. The Morgan fingerprint density at radius 3 is 2.40 bits per heavy atom. The molecule has 1 unspecified atom stereocenters. The average Bonchev–Trinajstić information content (AvgIpc) is 3.09. The molecule has 3 aromatic carbocycles. The van der Waals surface area contributed by atoms with Crippen molar-refractivity contribution < 1.29 is 37.0 Å². The van der Waals surface area contributed by atoms with Crippen LogP contribution in [0.5, 0.6) is 5.75 Å². The molecule has 0 aliphatic carbocycles. The summed E-state index contributed by atoms with van der Waals surface area (Å²) in [4.78, 5) is 26.9. The fourth-order valence-electron chi connectivity index (χ4n) is 3.88. The highest BCUT2D eigenvalue weighted by molar-refractivity contribution is 6.52. The summed E-state index contributed by atoms with van der Waals surface area (Å²) in [5, 5.41) is 11.1. The van der Waals surface area contributed by atoms with Crippen LogP contribution in [0.2, 0.25) is 5.02 Å². The molecule has 180 valence electrons. The molecule has 0 bridgehead atoms. The normalized spacial score (nSPS) is 17.7. The predicted octanol–water partition coefficient (Wildman–Crippen LogP) is 6.13. The Kier molecular flexibility index (Phi) is 6.29. The van der Waals surface area contributed by atoms with Crippen LogP contribution in [-0.4, -0.2) is 23.9 Å². The van der Waals surface area contributed by atoms with Crippen molar-refractivity contribution in [1.82, 2.24) is 0 Å². The molecule has 5 nitrogen and oxygen atoms in total. The van der Waals surface area contributed by atoms with Crippen LogP contribution in [0.25, 0.3) is 5.76 Å². The summed E-state index contributed by atoms with van der Waals surface area (Å²) < 4.78 is 60.1. The number of carbonyl (C=O) groups is 2. The Morgan fingerprint density at radius 1 is 1.03 bits per heavy atom. The summed E-state index contributed by atoms with van der Waals surface area (Å²) in [5.41, 5.74) is -2.18. The number of nitrogens with zero attached hydrogens (tertiary/aromatic N) is 1. The van der Waals surface area contributed by atoms with Gasteiger partial charge in [0.15, 0.2) is 0 Å². The van der Waals surface area contributed by atoms with E-state index in [1.807, 2.05) is 0 Å². The van der Waals surface area contributed by atoms with Crippen LogP contribution in [0.1, 0.15) is 22.7 Å². The van der Waals surface area contributed by atoms with E-state index in [1.165, 1.54) is 49.6 Å². The summed E-state index contributed by atoms with van der Waals surface area (Å²) in [7, 11) is 1.36. The first kappa shape index (κ1) is 24.3. The number of anilines is 1. The van der Waals surface area contributed by atoms with E-state index in [0.29, 0.717) is 6.07 Å². The Bertz CT molecular complexity index is 1370. The van der Waals surface area contributed by atoms with E-state index in [4.69, 9.17) is 16.3 Å². The van der Waals surface area contributed by atoms with Crippen LogP contribution in [-0.2, 0) is 15.8 Å². The van der Waals surface area contributed by atoms with Crippen LogP contribution in [0, 0.1) is 5.82 Å². The van der Waals surface area contributed by atoms with Crippen molar-refractivity contribution in [2.24, 2.45) is 0 Å². The summed E-state index contributed by atoms with van der Waals surface area (Å²) in [5.74, 6) is -3.75. The molecular formula is C25H16ClF4NO4. The summed E-state index contributed by atoms with van der Waals surface area (Å²) in [6.07, 6.45) is -4.73. The molecule has 1 amide bonds. The van der Waals surface area contributed by atoms with Crippen LogP contribution >= 0.6 is 11.6 Å². The molecular weight excluding hydrogens is 490 g/mol. The number of halogens is 5. The molecule has 4 rings (SSSR count). The van der Waals surface area contributed by atoms with Gasteiger partial charge in [0.05, 0.1) is 29.3 Å². The molecule has 35 heavy (non-hydrogen) atoms. The minimum atomic E-state index is -4.73. The number of benzene rings is 3. The van der Waals surface area contributed by atoms with E-state index in [9.17, 15) is 32.3 Å². The van der Waals surface area contributed by atoms with Gasteiger partial charge in [-0.05, 0) is 42.5 Å². The number of rotatable bonds is 4. The van der Waals surface area contributed by atoms with Crippen molar-refractivity contribution >= 4 is 34.7 Å². The second-order valence-electron chi connectivity index (χ2n) is 7.58. The number of ketones is 1. The monoisotopic (exact) mass is 505 g/mol. The Labute approximate surface area is 201 Å². The first-order valence-electron chi connectivity index (χ1n) is 10.1. The van der Waals surface area contributed by atoms with E-state index in [1.54, 1.807) is 0 Å². The number of ether oxygens (including phenoxy) is 1. The lowest BCUT2D eigenvalue weighted by Crippen LogP contribution is -2.30. The molecule has 1 fully saturated rings. The second kappa shape index (κ2) is 9.07. The van der Waals surface area contributed by atoms with Gasteiger partial charge in [-0.3, -0.25) is 14.5 Å². The molecule has 1 aliphatic rings. The standard InChI is InChI=1S/C25H16ClF4NO4/c1-35-15-9-10-18(26)17(12-15)22(32)20-21(16-7-2-3-8-19(16)27)31(24(34)23(20)33)14-6-4-5-13(11-14)25(28,29)30/h2-12,21,32H,1H3/b22-20+. The van der Waals surface area contributed by atoms with Crippen LogP contribution < -0.4 is 9.64 Å². The number of hydrogen-bond acceptors (Lipinski definition) is 4. The zero-order chi connectivity index (χ0) is 25.5. The lowest BCUT2D eigenvalue weighted by Gasteiger charge is -2.26. The highest BCUT2D eigenvalue weighted by atomic mass is 35.5. The fraction of sp³-hybridized carbons (Fsp3) is 0.120. The fourth-order valence-corrected chi connectivity index (χ4v) is 4.09. The van der Waals surface area contributed by atoms with Gasteiger partial charge in [0.25, 0.3) is 11.7 Å². The molecule has 3 aromatic rings. The average molecular weight is 506 g/mol. The minimum Gasteiger partial charge on any atom is -0.507 e. The SMILES string of the molecule is COc1ccc(Cl)c(/C(O)=C2\C(=O)C(=O)N(c3cccc(C(F)(F)F)c3)C2c2ccccc2F)c1. The van der Waals surface area contributed by atoms with E-state index < -0.39 is 46.6 Å². The van der Waals surface area contributed by atoms with Gasteiger partial charge >= 0.3 is 6.18 Å². The van der Waals surface area contributed by atoms with Crippen LogP contribution in [0.3, 0.4) is 0 Å². The van der Waals surface area contributed by atoms with Gasteiger partial charge in [0, 0.05) is 16.8 Å². The quantitative estimate of drug-likeness (QED) is 0.200. The smallest absolute Gasteiger partial charge is 0.416 e. The van der Waals surface area contributed by atoms with Gasteiger partial charge in [0.1, 0.15) is 17.3 Å². The molecule has 1 N–H and O–H groups in total. The van der Waals surface area contributed by atoms with Gasteiger partial charge in [-0.25, -0.2) is 4.39 Å². The summed E-state index contributed by atoms with van der Waals surface area (Å²) >= 11 is 6.20. The third-order valence-corrected chi connectivity index (χ3v) is 5.85. The van der Waals surface area contributed by atoms with Crippen LogP contribution in [0.15, 0.2) is 72.3 Å². The molecule has 10 heteroatoms. The molecule has 1 saturated heterocycles. The van der Waals surface area contributed by atoms with Crippen molar-refractivity contribution in [3.05, 3.63) is 99.8 Å². The van der Waals surface area contributed by atoms with Gasteiger partial charge in [-0.15, -0.1) is 0 Å². The van der Waals surface area contributed by atoms with Crippen molar-refractivity contribution in [2.45, 2.75) is 12.2 Å². The van der Waals surface area contributed by atoms with Crippen LogP contribution in [0.4, 0.5) is 23.2 Å². The first-order valence-corrected chi connectivity index (χ1v) is 10.5. The number of Topliss-reactive ketones (excluding diaryl/α,β-unsaturated/α-hetero) is 1. The highest BCUT2D eigenvalue weighted by Crippen LogP contribution is 2.45. The topological polar surface area (TPSA) is 66.8 Å². The van der Waals surface area contributed by atoms with E-state index >= 15 is 0 Å². The number of carbonyl (C=O) groups excluding carboxylic acids is 2. The maximum Gasteiger partial charge on any atom is 0.416 e. The number of aliphatic hydroxyl groups excluding tert-OH is 1. The minimum absolute atomic E-state index is 0.000788. The van der Waals surface area contributed by atoms with Gasteiger partial charge in [0.2, 0.25) is 0 Å². The molecule has 1 heterocycles. The maximum atomic E-state index is 14.9. The molecule has 0 radical (unpaired) electrons. The molecule has 0 spiro atoms. The van der Waals surface area contributed by atoms with Gasteiger partial charge < -0.3 is 9.84 Å². The summed E-state index contributed by atoms with van der Waals surface area (Å²) in [6.45, 7) is 0. The van der Waals surface area contributed by atoms with Gasteiger partial charge in [-0.1, -0.05) is 35.9 Å². The third kappa shape index (κ3) is 4.35. The third-order valence-electron chi connectivity index (χ3n) is 5.52. The molecule has 0 saturated carbocycles. The molecule has 0 aromatic heterocycles. The Morgan fingerprint density at radius 2 is 1.74 bits per heavy atom. The largest absolute Gasteiger partial charge is 0.507 e. The lowest BCUT2D eigenvalue weighted by molar-refractivity contribution is -0.137. The zero-order valence-corrected chi connectivity index (χ0v) is 18.7. The van der Waals surface area contributed by atoms with E-state index in [-0.39, 0.29) is 27.6 Å². The number of methoxy groups -OCH3 is 1. The number of amides is 1. The first-order chi connectivity index (χ1) is 16.5. The number of aliphatic hydroxyl groups is 1. The molecule has 1 atom stereocenters. The van der Waals surface area contributed by atoms with E-state index in [0.717, 1.165) is 23.1 Å². The van der Waals surface area contributed by atoms with Crippen molar-refractivity contribution in [3.63, 3.8) is 0 Å². The maximum absolute atomic E-state index is 14.9. The van der Waals surface area contributed by atoms with Crippen molar-refractivity contribution in [2.75, 3.05) is 12.0 Å². The molecule has 1 aliphatic heterocycles. The van der Waals surface area contributed by atoms with Gasteiger partial charge in [-0.2, -0.15) is 13.2 Å². The summed E-state index contributed by atoms with van der Waals surface area (Å²) in [6, 6.07) is 11.5. The van der Waals surface area contributed by atoms with Crippen molar-refractivity contribution in [3.8, 4) is 5.75 Å².